The lowest BCUT2D eigenvalue weighted by Gasteiger charge is -2.16. The third-order valence-electron chi connectivity index (χ3n) is 3.40. The largest absolute Gasteiger partial charge is 0.494 e. The third kappa shape index (κ3) is 5.02. The molecule has 23 heavy (non-hydrogen) atoms. The highest BCUT2D eigenvalue weighted by Gasteiger charge is 2.20. The second kappa shape index (κ2) is 7.68. The van der Waals surface area contributed by atoms with E-state index in [0.717, 1.165) is 22.4 Å². The molecule has 1 atom stereocenters. The Labute approximate surface area is 136 Å². The van der Waals surface area contributed by atoms with Crippen molar-refractivity contribution in [1.29, 1.82) is 0 Å². The van der Waals surface area contributed by atoms with Gasteiger partial charge in [0.15, 0.2) is 6.10 Å². The molecule has 0 aromatic heterocycles. The second-order valence-corrected chi connectivity index (χ2v) is 5.55. The predicted octanol–water partition coefficient (Wildman–Crippen LogP) is 3.78. The van der Waals surface area contributed by atoms with E-state index in [0.29, 0.717) is 18.8 Å². The maximum atomic E-state index is 11.5. The first kappa shape index (κ1) is 16.9. The van der Waals surface area contributed by atoms with Gasteiger partial charge in [-0.1, -0.05) is 18.2 Å². The molecule has 0 aliphatic heterocycles. The molecule has 0 aliphatic rings. The first-order valence-electron chi connectivity index (χ1n) is 7.67. The molecular weight excluding hydrogens is 292 g/mol. The maximum Gasteiger partial charge on any atom is 0.345 e. The zero-order chi connectivity index (χ0) is 16.8. The van der Waals surface area contributed by atoms with E-state index in [2.05, 4.69) is 0 Å². The minimum absolute atomic E-state index is 0.300. The Morgan fingerprint density at radius 2 is 1.65 bits per heavy atom. The number of aryl methyl sites for hydroxylation is 2. The summed E-state index contributed by atoms with van der Waals surface area (Å²) in [5.74, 6) is 0.386. The van der Waals surface area contributed by atoms with Crippen LogP contribution in [0.3, 0.4) is 0 Å². The highest BCUT2D eigenvalue weighted by molar-refractivity contribution is 5.73. The summed E-state index contributed by atoms with van der Waals surface area (Å²) in [4.78, 5) is 11.5. The number of ether oxygens (including phenoxy) is 2. The summed E-state index contributed by atoms with van der Waals surface area (Å²) < 4.78 is 11.1. The first-order valence-corrected chi connectivity index (χ1v) is 7.67. The highest BCUT2D eigenvalue weighted by Crippen LogP contribution is 2.20. The summed E-state index contributed by atoms with van der Waals surface area (Å²) in [6, 6.07) is 13.1. The molecule has 0 aliphatic carbocycles. The van der Waals surface area contributed by atoms with Gasteiger partial charge in [0.1, 0.15) is 11.5 Å². The molecule has 2 rings (SSSR count). The number of rotatable bonds is 7. The fourth-order valence-electron chi connectivity index (χ4n) is 2.45. The number of carboxylic acids is 1. The average Bonchev–Trinajstić information content (AvgIpc) is 2.47. The third-order valence-corrected chi connectivity index (χ3v) is 3.40. The summed E-state index contributed by atoms with van der Waals surface area (Å²) in [5.41, 5.74) is 2.99. The molecule has 0 unspecified atom stereocenters. The molecule has 2 aromatic carbocycles. The molecule has 0 saturated carbocycles. The predicted molar refractivity (Wildman–Crippen MR) is 89.3 cm³/mol. The topological polar surface area (TPSA) is 55.8 Å². The van der Waals surface area contributed by atoms with Crippen LogP contribution in [0.2, 0.25) is 0 Å². The molecule has 4 heteroatoms. The number of carboxylic acid groups (broad SMARTS) is 1. The lowest BCUT2D eigenvalue weighted by molar-refractivity contribution is -0.145. The van der Waals surface area contributed by atoms with Crippen molar-refractivity contribution < 1.29 is 19.4 Å². The van der Waals surface area contributed by atoms with Crippen LogP contribution in [0.25, 0.3) is 0 Å². The monoisotopic (exact) mass is 314 g/mol. The van der Waals surface area contributed by atoms with Crippen LogP contribution in [0, 0.1) is 13.8 Å². The van der Waals surface area contributed by atoms with E-state index < -0.39 is 12.1 Å². The Morgan fingerprint density at radius 1 is 1.04 bits per heavy atom. The first-order chi connectivity index (χ1) is 11.0. The van der Waals surface area contributed by atoms with Gasteiger partial charge < -0.3 is 14.6 Å². The van der Waals surface area contributed by atoms with Crippen LogP contribution in [0.1, 0.15) is 23.6 Å². The van der Waals surface area contributed by atoms with Gasteiger partial charge in [0.05, 0.1) is 6.61 Å². The van der Waals surface area contributed by atoms with Gasteiger partial charge in [0, 0.05) is 6.42 Å². The molecule has 1 N–H and O–H groups in total. The molecule has 0 radical (unpaired) electrons. The standard InChI is InChI=1S/C19H22O4/c1-4-22-16-7-5-15(6-8-16)12-18(19(20)21)23-17-10-13(2)9-14(3)11-17/h5-11,18H,4,12H2,1-3H3,(H,20,21)/t18-/m1/s1. The minimum atomic E-state index is -0.974. The Hall–Kier alpha value is -2.49. The number of hydrogen-bond donors (Lipinski definition) is 1. The Morgan fingerprint density at radius 3 is 2.17 bits per heavy atom. The molecular formula is C19H22O4. The quantitative estimate of drug-likeness (QED) is 0.845. The van der Waals surface area contributed by atoms with Crippen molar-refractivity contribution in [2.75, 3.05) is 6.61 Å². The molecule has 0 amide bonds. The molecule has 122 valence electrons. The fraction of sp³-hybridized carbons (Fsp3) is 0.316. The van der Waals surface area contributed by atoms with Gasteiger partial charge in [0.2, 0.25) is 0 Å². The molecule has 4 nitrogen and oxygen atoms in total. The van der Waals surface area contributed by atoms with Crippen LogP contribution in [0.15, 0.2) is 42.5 Å². The zero-order valence-corrected chi connectivity index (χ0v) is 13.7. The van der Waals surface area contributed by atoms with Crippen molar-refractivity contribution >= 4 is 5.97 Å². The fourth-order valence-corrected chi connectivity index (χ4v) is 2.45. The Bertz CT molecular complexity index is 641. The van der Waals surface area contributed by atoms with Crippen molar-refractivity contribution in [2.24, 2.45) is 0 Å². The van der Waals surface area contributed by atoms with Crippen LogP contribution in [-0.2, 0) is 11.2 Å². The van der Waals surface area contributed by atoms with Gasteiger partial charge in [-0.15, -0.1) is 0 Å². The summed E-state index contributed by atoms with van der Waals surface area (Å²) in [5, 5.41) is 9.42. The molecule has 2 aromatic rings. The second-order valence-electron chi connectivity index (χ2n) is 5.55. The molecule has 0 heterocycles. The van der Waals surface area contributed by atoms with Crippen molar-refractivity contribution in [1.82, 2.24) is 0 Å². The number of benzene rings is 2. The van der Waals surface area contributed by atoms with Gasteiger partial charge in [0.25, 0.3) is 0 Å². The van der Waals surface area contributed by atoms with Crippen LogP contribution >= 0.6 is 0 Å². The van der Waals surface area contributed by atoms with E-state index in [1.165, 1.54) is 0 Å². The van der Waals surface area contributed by atoms with Crippen LogP contribution in [-0.4, -0.2) is 23.8 Å². The SMILES string of the molecule is CCOc1ccc(C[C@@H](Oc2cc(C)cc(C)c2)C(=O)O)cc1. The molecule has 0 bridgehead atoms. The van der Waals surface area contributed by atoms with Gasteiger partial charge in [-0.2, -0.15) is 0 Å². The van der Waals surface area contributed by atoms with E-state index in [1.54, 1.807) is 0 Å². The van der Waals surface area contributed by atoms with E-state index in [-0.39, 0.29) is 0 Å². The molecule has 0 spiro atoms. The number of hydrogen-bond acceptors (Lipinski definition) is 3. The van der Waals surface area contributed by atoms with E-state index in [9.17, 15) is 9.90 Å². The average molecular weight is 314 g/mol. The maximum absolute atomic E-state index is 11.5. The summed E-state index contributed by atoms with van der Waals surface area (Å²) >= 11 is 0. The van der Waals surface area contributed by atoms with Crippen molar-refractivity contribution in [3.05, 3.63) is 59.2 Å². The van der Waals surface area contributed by atoms with Gasteiger partial charge in [-0.3, -0.25) is 0 Å². The van der Waals surface area contributed by atoms with Crippen LogP contribution < -0.4 is 9.47 Å². The summed E-state index contributed by atoms with van der Waals surface area (Å²) in [6.07, 6.45) is -0.622. The smallest absolute Gasteiger partial charge is 0.345 e. The molecule has 0 fully saturated rings. The van der Waals surface area contributed by atoms with Crippen molar-refractivity contribution in [2.45, 2.75) is 33.3 Å². The van der Waals surface area contributed by atoms with Gasteiger partial charge in [-0.05, 0) is 61.7 Å². The van der Waals surface area contributed by atoms with Crippen LogP contribution in [0.5, 0.6) is 11.5 Å². The van der Waals surface area contributed by atoms with Crippen molar-refractivity contribution in [3.8, 4) is 11.5 Å². The Balaban J connectivity index is 2.10. The lowest BCUT2D eigenvalue weighted by atomic mass is 10.1. The lowest BCUT2D eigenvalue weighted by Crippen LogP contribution is -2.29. The normalized spacial score (nSPS) is 11.8. The van der Waals surface area contributed by atoms with E-state index in [1.807, 2.05) is 63.2 Å². The number of carbonyl (C=O) groups is 1. The zero-order valence-electron chi connectivity index (χ0n) is 13.7. The minimum Gasteiger partial charge on any atom is -0.494 e. The van der Waals surface area contributed by atoms with Gasteiger partial charge >= 0.3 is 5.97 Å². The summed E-state index contributed by atoms with van der Waals surface area (Å²) in [7, 11) is 0. The van der Waals surface area contributed by atoms with Gasteiger partial charge in [-0.25, -0.2) is 4.79 Å². The number of aliphatic carboxylic acids is 1. The van der Waals surface area contributed by atoms with E-state index in [4.69, 9.17) is 9.47 Å². The highest BCUT2D eigenvalue weighted by atomic mass is 16.5. The van der Waals surface area contributed by atoms with Crippen LogP contribution in [0.4, 0.5) is 0 Å². The molecule has 0 saturated heterocycles. The Kier molecular flexibility index (Phi) is 5.63. The summed E-state index contributed by atoms with van der Waals surface area (Å²) in [6.45, 7) is 6.45. The van der Waals surface area contributed by atoms with E-state index >= 15 is 0 Å². The van der Waals surface area contributed by atoms with Crippen molar-refractivity contribution in [3.63, 3.8) is 0 Å².